The quantitative estimate of drug-likeness (QED) is 0.709. The van der Waals surface area contributed by atoms with Gasteiger partial charge in [0.2, 0.25) is 10.0 Å². The first-order valence-electron chi connectivity index (χ1n) is 9.99. The number of hydrogen-bond acceptors (Lipinski definition) is 5. The molecule has 1 aliphatic carbocycles. The summed E-state index contributed by atoms with van der Waals surface area (Å²) in [6.45, 7) is 7.54. The van der Waals surface area contributed by atoms with Crippen LogP contribution in [-0.4, -0.2) is 50.8 Å². The molecule has 0 bridgehead atoms. The van der Waals surface area contributed by atoms with Crippen molar-refractivity contribution in [2.24, 2.45) is 11.8 Å². The van der Waals surface area contributed by atoms with Crippen LogP contribution < -0.4 is 5.32 Å². The number of ether oxygens (including phenoxy) is 1. The summed E-state index contributed by atoms with van der Waals surface area (Å²) < 4.78 is 31.1. The second kappa shape index (κ2) is 9.26. The van der Waals surface area contributed by atoms with Crippen LogP contribution in [0, 0.1) is 18.8 Å². The molecule has 162 valence electrons. The van der Waals surface area contributed by atoms with Crippen molar-refractivity contribution in [3.05, 3.63) is 29.3 Å². The van der Waals surface area contributed by atoms with Crippen LogP contribution in [0.1, 0.15) is 56.0 Å². The van der Waals surface area contributed by atoms with E-state index in [2.05, 4.69) is 19.2 Å². The molecule has 0 aromatic heterocycles. The number of hydrogen-bond donors (Lipinski definition) is 1. The summed E-state index contributed by atoms with van der Waals surface area (Å²) in [5.74, 6) is -0.147. The third-order valence-corrected chi connectivity index (χ3v) is 7.71. The number of amides is 1. The van der Waals surface area contributed by atoms with Gasteiger partial charge in [0.25, 0.3) is 5.91 Å². The Balaban J connectivity index is 2.10. The molecule has 0 heterocycles. The van der Waals surface area contributed by atoms with E-state index in [1.54, 1.807) is 13.0 Å². The van der Waals surface area contributed by atoms with Crippen molar-refractivity contribution in [2.45, 2.75) is 64.0 Å². The Kier molecular flexibility index (Phi) is 7.45. The molecule has 0 spiro atoms. The van der Waals surface area contributed by atoms with Crippen LogP contribution in [0.15, 0.2) is 23.1 Å². The number of nitrogens with one attached hydrogen (secondary N) is 1. The number of sulfonamides is 1. The Morgan fingerprint density at radius 3 is 2.48 bits per heavy atom. The Bertz CT molecular complexity index is 866. The van der Waals surface area contributed by atoms with E-state index in [-0.39, 0.29) is 22.4 Å². The Morgan fingerprint density at radius 2 is 1.86 bits per heavy atom. The van der Waals surface area contributed by atoms with Gasteiger partial charge >= 0.3 is 5.97 Å². The third-order valence-electron chi connectivity index (χ3n) is 5.90. The third kappa shape index (κ3) is 5.36. The summed E-state index contributed by atoms with van der Waals surface area (Å²) in [6.07, 6.45) is 2.17. The zero-order chi connectivity index (χ0) is 21.9. The van der Waals surface area contributed by atoms with Gasteiger partial charge in [-0.3, -0.25) is 4.79 Å². The van der Waals surface area contributed by atoms with Crippen molar-refractivity contribution in [3.8, 4) is 0 Å². The highest BCUT2D eigenvalue weighted by Crippen LogP contribution is 2.29. The van der Waals surface area contributed by atoms with E-state index in [4.69, 9.17) is 4.74 Å². The summed E-state index contributed by atoms with van der Waals surface area (Å²) in [5.41, 5.74) is 0.710. The normalized spacial score (nSPS) is 23.5. The predicted molar refractivity (Wildman–Crippen MR) is 111 cm³/mol. The summed E-state index contributed by atoms with van der Waals surface area (Å²) in [4.78, 5) is 25.2. The fourth-order valence-corrected chi connectivity index (χ4v) is 4.48. The van der Waals surface area contributed by atoms with E-state index >= 15 is 0 Å². The van der Waals surface area contributed by atoms with E-state index in [9.17, 15) is 18.0 Å². The van der Waals surface area contributed by atoms with Crippen molar-refractivity contribution in [1.82, 2.24) is 9.62 Å². The van der Waals surface area contributed by atoms with Crippen LogP contribution in [0.4, 0.5) is 0 Å². The van der Waals surface area contributed by atoms with Gasteiger partial charge in [-0.15, -0.1) is 0 Å². The lowest BCUT2D eigenvalue weighted by atomic mass is 9.78. The second-order valence-corrected chi connectivity index (χ2v) is 10.3. The van der Waals surface area contributed by atoms with E-state index in [0.717, 1.165) is 23.6 Å². The number of esters is 1. The SMILES string of the molecule is Cc1ccc(S(=O)(=O)N(C)C)cc1C(=O)O[C@@H](C)C(=O)N[C@@H]1CCC[C@H](C)[C@@H]1C. The number of carbonyl (C=O) groups excluding carboxylic acids is 2. The molecule has 0 radical (unpaired) electrons. The zero-order valence-electron chi connectivity index (χ0n) is 18.1. The van der Waals surface area contributed by atoms with Gasteiger partial charge in [-0.05, 0) is 49.8 Å². The maximum Gasteiger partial charge on any atom is 0.339 e. The maximum atomic E-state index is 12.6. The fraction of sp³-hybridized carbons (Fsp3) is 0.619. The van der Waals surface area contributed by atoms with Crippen molar-refractivity contribution in [2.75, 3.05) is 14.1 Å². The van der Waals surface area contributed by atoms with Crippen molar-refractivity contribution in [3.63, 3.8) is 0 Å². The van der Waals surface area contributed by atoms with Crippen LogP contribution in [0.2, 0.25) is 0 Å². The van der Waals surface area contributed by atoms with Gasteiger partial charge < -0.3 is 10.1 Å². The minimum absolute atomic E-state index is 0.00201. The molecule has 2 rings (SSSR count). The molecular weight excluding hydrogens is 392 g/mol. The van der Waals surface area contributed by atoms with Crippen molar-refractivity contribution in [1.29, 1.82) is 0 Å². The van der Waals surface area contributed by atoms with Crippen LogP contribution in [0.25, 0.3) is 0 Å². The maximum absolute atomic E-state index is 12.6. The largest absolute Gasteiger partial charge is 0.449 e. The molecular formula is C21H32N2O5S. The average molecular weight is 425 g/mol. The average Bonchev–Trinajstić information content (AvgIpc) is 2.65. The molecule has 1 aromatic rings. The summed E-state index contributed by atoms with van der Waals surface area (Å²) in [7, 11) is -0.832. The van der Waals surface area contributed by atoms with Crippen molar-refractivity contribution < 1.29 is 22.7 Å². The number of aryl methyl sites for hydroxylation is 1. The van der Waals surface area contributed by atoms with Crippen LogP contribution in [0.3, 0.4) is 0 Å². The summed E-state index contributed by atoms with van der Waals surface area (Å²) in [6, 6.07) is 4.37. The van der Waals surface area contributed by atoms with E-state index in [1.165, 1.54) is 33.2 Å². The van der Waals surface area contributed by atoms with Crippen LogP contribution >= 0.6 is 0 Å². The standard InChI is InChI=1S/C21H32N2O5S/c1-13-8-7-9-19(15(13)3)22-20(24)16(4)28-21(25)18-12-17(11-10-14(18)2)29(26,27)23(5)6/h10-13,15-16,19H,7-9H2,1-6H3,(H,22,24)/t13-,15-,16-,19+/m0/s1. The molecule has 0 saturated heterocycles. The summed E-state index contributed by atoms with van der Waals surface area (Å²) in [5, 5.41) is 3.00. The number of carbonyl (C=O) groups is 2. The summed E-state index contributed by atoms with van der Waals surface area (Å²) >= 11 is 0. The van der Waals surface area contributed by atoms with E-state index in [0.29, 0.717) is 17.4 Å². The van der Waals surface area contributed by atoms with Gasteiger partial charge in [-0.1, -0.05) is 32.8 Å². The molecule has 0 unspecified atom stereocenters. The molecule has 0 aliphatic heterocycles. The monoisotopic (exact) mass is 424 g/mol. The first-order valence-corrected chi connectivity index (χ1v) is 11.4. The molecule has 29 heavy (non-hydrogen) atoms. The topological polar surface area (TPSA) is 92.8 Å². The molecule has 1 aliphatic rings. The predicted octanol–water partition coefficient (Wildman–Crippen LogP) is 2.73. The Morgan fingerprint density at radius 1 is 1.21 bits per heavy atom. The minimum Gasteiger partial charge on any atom is -0.449 e. The first kappa shape index (κ1) is 23.3. The van der Waals surface area contributed by atoms with Gasteiger partial charge in [0.1, 0.15) is 0 Å². The van der Waals surface area contributed by atoms with E-state index < -0.39 is 22.1 Å². The molecule has 8 heteroatoms. The molecule has 7 nitrogen and oxygen atoms in total. The fourth-order valence-electron chi connectivity index (χ4n) is 3.56. The van der Waals surface area contributed by atoms with Crippen LogP contribution in [0.5, 0.6) is 0 Å². The lowest BCUT2D eigenvalue weighted by Gasteiger charge is -2.35. The van der Waals surface area contributed by atoms with Gasteiger partial charge in [0.15, 0.2) is 6.10 Å². The van der Waals surface area contributed by atoms with Gasteiger partial charge in [0, 0.05) is 20.1 Å². The second-order valence-electron chi connectivity index (χ2n) is 8.19. The highest BCUT2D eigenvalue weighted by atomic mass is 32.2. The molecule has 1 saturated carbocycles. The lowest BCUT2D eigenvalue weighted by Crippen LogP contribution is -2.47. The highest BCUT2D eigenvalue weighted by molar-refractivity contribution is 7.89. The molecule has 1 amide bonds. The van der Waals surface area contributed by atoms with E-state index in [1.807, 2.05) is 0 Å². The smallest absolute Gasteiger partial charge is 0.339 e. The van der Waals surface area contributed by atoms with Gasteiger partial charge in [-0.25, -0.2) is 17.5 Å². The lowest BCUT2D eigenvalue weighted by molar-refractivity contribution is -0.130. The number of nitrogens with zero attached hydrogens (tertiary/aromatic N) is 1. The first-order chi connectivity index (χ1) is 13.4. The van der Waals surface area contributed by atoms with Gasteiger partial charge in [-0.2, -0.15) is 0 Å². The minimum atomic E-state index is -3.68. The zero-order valence-corrected chi connectivity index (χ0v) is 18.9. The van der Waals surface area contributed by atoms with Crippen molar-refractivity contribution >= 4 is 21.9 Å². The Hall–Kier alpha value is -1.93. The van der Waals surface area contributed by atoms with Gasteiger partial charge in [0.05, 0.1) is 10.5 Å². The highest BCUT2D eigenvalue weighted by Gasteiger charge is 2.30. The molecule has 1 aromatic carbocycles. The molecule has 1 fully saturated rings. The molecule has 1 N–H and O–H groups in total. The number of benzene rings is 1. The van der Waals surface area contributed by atoms with Crippen LogP contribution in [-0.2, 0) is 19.6 Å². The molecule has 4 atom stereocenters. The Labute approximate surface area is 173 Å². The number of rotatable bonds is 6.